The second-order valence-corrected chi connectivity index (χ2v) is 10.5. The average Bonchev–Trinajstić information content (AvgIpc) is 3.69. The summed E-state index contributed by atoms with van der Waals surface area (Å²) in [5.41, 5.74) is 3.68. The first-order chi connectivity index (χ1) is 18.1. The minimum Gasteiger partial charge on any atom is -0.468 e. The van der Waals surface area contributed by atoms with Crippen LogP contribution in [0.15, 0.2) is 45.8 Å². The number of furan rings is 1. The van der Waals surface area contributed by atoms with Gasteiger partial charge in [0.05, 0.1) is 25.0 Å². The highest BCUT2D eigenvalue weighted by molar-refractivity contribution is 5.81. The topological polar surface area (TPSA) is 102 Å². The van der Waals surface area contributed by atoms with Crippen molar-refractivity contribution in [1.82, 2.24) is 30.1 Å². The Morgan fingerprint density at radius 1 is 1.14 bits per heavy atom. The SMILES string of the molecule is Cc1cc2cc([C@@H](c3nnnn3C3CCCC3)N(Cc3ccco3)C[C@H]3CCCO3)c(=O)[nH]c2cc1C. The molecule has 1 aliphatic carbocycles. The maximum atomic E-state index is 13.7. The summed E-state index contributed by atoms with van der Waals surface area (Å²) in [4.78, 5) is 19.1. The van der Waals surface area contributed by atoms with Crippen LogP contribution in [0.4, 0.5) is 0 Å². The van der Waals surface area contributed by atoms with Crippen molar-refractivity contribution in [2.45, 2.75) is 77.1 Å². The summed E-state index contributed by atoms with van der Waals surface area (Å²) in [5.74, 6) is 1.52. The monoisotopic (exact) mass is 502 g/mol. The highest BCUT2D eigenvalue weighted by atomic mass is 16.5. The number of aromatic amines is 1. The van der Waals surface area contributed by atoms with E-state index in [2.05, 4.69) is 45.3 Å². The zero-order chi connectivity index (χ0) is 25.4. The van der Waals surface area contributed by atoms with Crippen LogP contribution in [0.3, 0.4) is 0 Å². The van der Waals surface area contributed by atoms with Gasteiger partial charge in [-0.25, -0.2) is 4.68 Å². The van der Waals surface area contributed by atoms with Gasteiger partial charge < -0.3 is 14.1 Å². The Morgan fingerprint density at radius 3 is 2.73 bits per heavy atom. The van der Waals surface area contributed by atoms with Crippen molar-refractivity contribution in [3.8, 4) is 0 Å². The Hall–Kier alpha value is -3.30. The maximum Gasteiger partial charge on any atom is 0.253 e. The number of aromatic nitrogens is 5. The molecule has 1 saturated carbocycles. The minimum atomic E-state index is -0.459. The number of ether oxygens (including phenoxy) is 1. The molecule has 0 radical (unpaired) electrons. The van der Waals surface area contributed by atoms with Crippen molar-refractivity contribution >= 4 is 10.9 Å². The summed E-state index contributed by atoms with van der Waals surface area (Å²) in [6.45, 7) is 6.08. The first-order valence-electron chi connectivity index (χ1n) is 13.4. The average molecular weight is 503 g/mol. The number of aryl methyl sites for hydroxylation is 2. The largest absolute Gasteiger partial charge is 0.468 e. The molecule has 3 aromatic heterocycles. The molecule has 2 atom stereocenters. The van der Waals surface area contributed by atoms with E-state index >= 15 is 0 Å². The molecule has 0 bridgehead atoms. The van der Waals surface area contributed by atoms with Gasteiger partial charge >= 0.3 is 0 Å². The van der Waals surface area contributed by atoms with Gasteiger partial charge in [-0.05, 0) is 96.8 Å². The first kappa shape index (κ1) is 24.1. The molecule has 1 N–H and O–H groups in total. The van der Waals surface area contributed by atoms with E-state index in [4.69, 9.17) is 9.15 Å². The van der Waals surface area contributed by atoms with Gasteiger partial charge in [-0.15, -0.1) is 5.10 Å². The number of nitrogens with zero attached hydrogens (tertiary/aromatic N) is 5. The third-order valence-corrected chi connectivity index (χ3v) is 7.98. The summed E-state index contributed by atoms with van der Waals surface area (Å²) in [5, 5.41) is 14.1. The van der Waals surface area contributed by atoms with Gasteiger partial charge in [0.2, 0.25) is 0 Å². The molecule has 6 rings (SSSR count). The summed E-state index contributed by atoms with van der Waals surface area (Å²) in [6.07, 6.45) is 8.21. The van der Waals surface area contributed by atoms with Crippen molar-refractivity contribution in [2.75, 3.05) is 13.2 Å². The van der Waals surface area contributed by atoms with E-state index in [0.29, 0.717) is 24.5 Å². The fourth-order valence-electron chi connectivity index (χ4n) is 5.90. The molecule has 0 spiro atoms. The van der Waals surface area contributed by atoms with Crippen molar-refractivity contribution in [1.29, 1.82) is 0 Å². The summed E-state index contributed by atoms with van der Waals surface area (Å²) < 4.78 is 13.8. The number of rotatable bonds is 8. The second-order valence-electron chi connectivity index (χ2n) is 10.5. The van der Waals surface area contributed by atoms with Crippen LogP contribution in [0.5, 0.6) is 0 Å². The van der Waals surface area contributed by atoms with E-state index in [0.717, 1.165) is 67.4 Å². The van der Waals surface area contributed by atoms with Crippen molar-refractivity contribution in [3.05, 3.63) is 75.2 Å². The highest BCUT2D eigenvalue weighted by Gasteiger charge is 2.35. The number of benzene rings is 1. The number of hydrogen-bond donors (Lipinski definition) is 1. The number of H-pyrrole nitrogens is 1. The van der Waals surface area contributed by atoms with E-state index in [-0.39, 0.29) is 17.7 Å². The molecule has 1 aromatic carbocycles. The van der Waals surface area contributed by atoms with Crippen LogP contribution in [0.25, 0.3) is 10.9 Å². The summed E-state index contributed by atoms with van der Waals surface area (Å²) >= 11 is 0. The molecule has 4 heterocycles. The Morgan fingerprint density at radius 2 is 1.97 bits per heavy atom. The van der Waals surface area contributed by atoms with Crippen LogP contribution in [0.1, 0.15) is 78.9 Å². The third-order valence-electron chi connectivity index (χ3n) is 7.98. The number of pyridine rings is 1. The van der Waals surface area contributed by atoms with Crippen molar-refractivity contribution in [2.24, 2.45) is 0 Å². The molecular formula is C28H34N6O3. The third kappa shape index (κ3) is 4.85. The molecule has 194 valence electrons. The Labute approximate surface area is 215 Å². The molecule has 37 heavy (non-hydrogen) atoms. The lowest BCUT2D eigenvalue weighted by atomic mass is 10.00. The van der Waals surface area contributed by atoms with E-state index in [1.165, 1.54) is 5.56 Å². The van der Waals surface area contributed by atoms with Gasteiger partial charge in [0.1, 0.15) is 11.8 Å². The molecule has 4 aromatic rings. The Balaban J connectivity index is 1.51. The van der Waals surface area contributed by atoms with Gasteiger partial charge in [-0.3, -0.25) is 9.69 Å². The second kappa shape index (κ2) is 10.2. The first-order valence-corrected chi connectivity index (χ1v) is 13.4. The molecular weight excluding hydrogens is 468 g/mol. The molecule has 2 fully saturated rings. The van der Waals surface area contributed by atoms with Gasteiger partial charge in [-0.2, -0.15) is 0 Å². The molecule has 0 amide bonds. The Kier molecular flexibility index (Phi) is 6.65. The van der Waals surface area contributed by atoms with Crippen LogP contribution in [-0.2, 0) is 11.3 Å². The zero-order valence-electron chi connectivity index (χ0n) is 21.5. The number of nitrogens with one attached hydrogen (secondary N) is 1. The molecule has 0 unspecified atom stereocenters. The standard InChI is InChI=1S/C28H34N6O3/c1-18-13-20-15-24(28(35)29-25(20)14-19(18)2)26(27-30-31-32-34(27)21-7-3-4-8-21)33(16-22-9-5-11-36-22)17-23-10-6-12-37-23/h5,9,11,13-15,21,23,26H,3-4,6-8,10,12,16-17H2,1-2H3,(H,29,35)/t23-,26+/m1/s1. The highest BCUT2D eigenvalue weighted by Crippen LogP contribution is 2.35. The normalized spacial score (nSPS) is 19.4. The maximum absolute atomic E-state index is 13.7. The predicted octanol–water partition coefficient (Wildman–Crippen LogP) is 4.61. The lowest BCUT2D eigenvalue weighted by molar-refractivity contribution is 0.0541. The number of hydrogen-bond acceptors (Lipinski definition) is 7. The Bertz CT molecular complexity index is 1410. The molecule has 1 aliphatic heterocycles. The van der Waals surface area contributed by atoms with Gasteiger partial charge in [0.15, 0.2) is 5.82 Å². The van der Waals surface area contributed by atoms with Crippen LogP contribution in [0, 0.1) is 13.8 Å². The lowest BCUT2D eigenvalue weighted by Gasteiger charge is -2.32. The van der Waals surface area contributed by atoms with Crippen LogP contribution in [0.2, 0.25) is 0 Å². The minimum absolute atomic E-state index is 0.0812. The lowest BCUT2D eigenvalue weighted by Crippen LogP contribution is -2.39. The molecule has 9 heteroatoms. The van der Waals surface area contributed by atoms with E-state index in [1.54, 1.807) is 6.26 Å². The smallest absolute Gasteiger partial charge is 0.253 e. The quantitative estimate of drug-likeness (QED) is 0.375. The molecule has 1 saturated heterocycles. The zero-order valence-corrected chi connectivity index (χ0v) is 21.5. The molecule has 2 aliphatic rings. The van der Waals surface area contributed by atoms with E-state index < -0.39 is 6.04 Å². The fraction of sp³-hybridized carbons (Fsp3) is 0.500. The van der Waals surface area contributed by atoms with Crippen LogP contribution in [-0.4, -0.2) is 49.3 Å². The van der Waals surface area contributed by atoms with Gasteiger partial charge in [0, 0.05) is 24.2 Å². The van der Waals surface area contributed by atoms with Crippen LogP contribution < -0.4 is 5.56 Å². The van der Waals surface area contributed by atoms with Crippen molar-refractivity contribution in [3.63, 3.8) is 0 Å². The van der Waals surface area contributed by atoms with Crippen molar-refractivity contribution < 1.29 is 9.15 Å². The predicted molar refractivity (Wildman–Crippen MR) is 139 cm³/mol. The van der Waals surface area contributed by atoms with E-state index in [1.807, 2.05) is 28.9 Å². The summed E-state index contributed by atoms with van der Waals surface area (Å²) in [6, 6.07) is 9.84. The summed E-state index contributed by atoms with van der Waals surface area (Å²) in [7, 11) is 0. The number of tetrazole rings is 1. The van der Waals surface area contributed by atoms with Crippen LogP contribution >= 0.6 is 0 Å². The van der Waals surface area contributed by atoms with Gasteiger partial charge in [0.25, 0.3) is 5.56 Å². The van der Waals surface area contributed by atoms with E-state index in [9.17, 15) is 4.79 Å². The fourth-order valence-corrected chi connectivity index (χ4v) is 5.90. The van der Waals surface area contributed by atoms with Gasteiger partial charge in [-0.1, -0.05) is 12.8 Å². The number of fused-ring (bicyclic) bond motifs is 1. The molecule has 9 nitrogen and oxygen atoms in total.